The standard InChI is InChI=1S/C11H11ClO/c1-3-8-11(2,13)9-4-6-10(12)7-5-9/h4-7,13H,1-2H3. The van der Waals surface area contributed by atoms with Gasteiger partial charge in [0, 0.05) is 5.02 Å². The maximum absolute atomic E-state index is 9.86. The molecule has 0 aliphatic rings. The smallest absolute Gasteiger partial charge is 0.148 e. The Bertz CT molecular complexity index is 341. The van der Waals surface area contributed by atoms with Crippen LogP contribution in [0.15, 0.2) is 24.3 Å². The highest BCUT2D eigenvalue weighted by Gasteiger charge is 2.18. The summed E-state index contributed by atoms with van der Waals surface area (Å²) >= 11 is 5.72. The molecule has 1 N–H and O–H groups in total. The van der Waals surface area contributed by atoms with Crippen molar-refractivity contribution in [3.63, 3.8) is 0 Å². The van der Waals surface area contributed by atoms with Crippen LogP contribution in [-0.4, -0.2) is 5.11 Å². The Balaban J connectivity index is 3.05. The van der Waals surface area contributed by atoms with Crippen LogP contribution in [0.3, 0.4) is 0 Å². The second-order valence-corrected chi connectivity index (χ2v) is 3.39. The Kier molecular flexibility index (Phi) is 2.98. The number of hydrogen-bond donors (Lipinski definition) is 1. The Morgan fingerprint density at radius 2 is 1.85 bits per heavy atom. The second-order valence-electron chi connectivity index (χ2n) is 2.95. The fourth-order valence-corrected chi connectivity index (χ4v) is 1.22. The van der Waals surface area contributed by atoms with Crippen molar-refractivity contribution in [2.75, 3.05) is 0 Å². The van der Waals surface area contributed by atoms with E-state index >= 15 is 0 Å². The highest BCUT2D eigenvalue weighted by Crippen LogP contribution is 2.21. The second kappa shape index (κ2) is 3.83. The maximum Gasteiger partial charge on any atom is 0.148 e. The summed E-state index contributed by atoms with van der Waals surface area (Å²) < 4.78 is 0. The largest absolute Gasteiger partial charge is 0.374 e. The molecule has 0 saturated carbocycles. The summed E-state index contributed by atoms with van der Waals surface area (Å²) in [6.45, 7) is 3.36. The van der Waals surface area contributed by atoms with Gasteiger partial charge in [-0.15, -0.1) is 5.92 Å². The number of rotatable bonds is 1. The van der Waals surface area contributed by atoms with E-state index in [4.69, 9.17) is 11.6 Å². The Hall–Kier alpha value is -0.970. The van der Waals surface area contributed by atoms with Crippen molar-refractivity contribution in [3.8, 4) is 11.8 Å². The van der Waals surface area contributed by atoms with Crippen LogP contribution in [0.5, 0.6) is 0 Å². The topological polar surface area (TPSA) is 20.2 Å². The van der Waals surface area contributed by atoms with Gasteiger partial charge in [-0.1, -0.05) is 29.7 Å². The third-order valence-electron chi connectivity index (χ3n) is 1.77. The molecule has 68 valence electrons. The molecule has 0 heterocycles. The SMILES string of the molecule is CC#CC(C)(O)c1ccc(Cl)cc1. The van der Waals surface area contributed by atoms with Gasteiger partial charge in [0.1, 0.15) is 5.60 Å². The zero-order chi connectivity index (χ0) is 9.90. The van der Waals surface area contributed by atoms with Gasteiger partial charge in [-0.25, -0.2) is 0 Å². The molecule has 0 spiro atoms. The summed E-state index contributed by atoms with van der Waals surface area (Å²) in [6, 6.07) is 7.02. The number of aliphatic hydroxyl groups is 1. The van der Waals surface area contributed by atoms with E-state index in [-0.39, 0.29) is 0 Å². The Labute approximate surface area is 83.4 Å². The number of hydrogen-bond acceptors (Lipinski definition) is 1. The lowest BCUT2D eigenvalue weighted by molar-refractivity contribution is 0.122. The molecule has 1 aromatic rings. The van der Waals surface area contributed by atoms with Crippen LogP contribution in [0.4, 0.5) is 0 Å². The first-order valence-corrected chi connectivity index (χ1v) is 4.36. The van der Waals surface area contributed by atoms with Gasteiger partial charge in [-0.2, -0.15) is 0 Å². The molecule has 0 aliphatic carbocycles. The highest BCUT2D eigenvalue weighted by molar-refractivity contribution is 6.30. The van der Waals surface area contributed by atoms with Crippen LogP contribution in [0, 0.1) is 11.8 Å². The van der Waals surface area contributed by atoms with E-state index in [1.165, 1.54) is 0 Å². The van der Waals surface area contributed by atoms with Crippen molar-refractivity contribution in [2.45, 2.75) is 19.4 Å². The summed E-state index contributed by atoms with van der Waals surface area (Å²) in [5.41, 5.74) is -0.328. The summed E-state index contributed by atoms with van der Waals surface area (Å²) in [6.07, 6.45) is 0. The van der Waals surface area contributed by atoms with Crippen molar-refractivity contribution in [3.05, 3.63) is 34.9 Å². The molecule has 1 nitrogen and oxygen atoms in total. The van der Waals surface area contributed by atoms with E-state index in [2.05, 4.69) is 11.8 Å². The third kappa shape index (κ3) is 2.48. The molecule has 0 bridgehead atoms. The van der Waals surface area contributed by atoms with E-state index in [1.54, 1.807) is 38.1 Å². The molecule has 0 amide bonds. The minimum absolute atomic E-state index is 0.656. The van der Waals surface area contributed by atoms with Crippen LogP contribution in [-0.2, 0) is 5.60 Å². The zero-order valence-electron chi connectivity index (χ0n) is 7.63. The normalized spacial score (nSPS) is 14.2. The average molecular weight is 195 g/mol. The Morgan fingerprint density at radius 1 is 1.31 bits per heavy atom. The lowest BCUT2D eigenvalue weighted by Crippen LogP contribution is -2.17. The highest BCUT2D eigenvalue weighted by atomic mass is 35.5. The van der Waals surface area contributed by atoms with E-state index in [1.807, 2.05) is 0 Å². The van der Waals surface area contributed by atoms with Crippen LogP contribution in [0.1, 0.15) is 19.4 Å². The van der Waals surface area contributed by atoms with Gasteiger partial charge in [-0.3, -0.25) is 0 Å². The van der Waals surface area contributed by atoms with E-state index in [9.17, 15) is 5.11 Å². The average Bonchev–Trinajstić information content (AvgIpc) is 2.05. The lowest BCUT2D eigenvalue weighted by atomic mass is 9.97. The maximum atomic E-state index is 9.86. The molecule has 1 rings (SSSR count). The zero-order valence-corrected chi connectivity index (χ0v) is 8.39. The first kappa shape index (κ1) is 10.1. The first-order valence-electron chi connectivity index (χ1n) is 3.98. The summed E-state index contributed by atoms with van der Waals surface area (Å²) in [5, 5.41) is 10.5. The van der Waals surface area contributed by atoms with E-state index in [0.29, 0.717) is 5.02 Å². The van der Waals surface area contributed by atoms with Crippen molar-refractivity contribution in [1.29, 1.82) is 0 Å². The van der Waals surface area contributed by atoms with Crippen LogP contribution in [0.2, 0.25) is 5.02 Å². The van der Waals surface area contributed by atoms with Crippen molar-refractivity contribution in [1.82, 2.24) is 0 Å². The molecule has 0 aromatic heterocycles. The molecular weight excluding hydrogens is 184 g/mol. The number of halogens is 1. The minimum Gasteiger partial charge on any atom is -0.374 e. The Morgan fingerprint density at radius 3 is 2.31 bits per heavy atom. The van der Waals surface area contributed by atoms with Crippen molar-refractivity contribution in [2.24, 2.45) is 0 Å². The fourth-order valence-electron chi connectivity index (χ4n) is 1.09. The molecule has 1 unspecified atom stereocenters. The molecule has 1 atom stereocenters. The minimum atomic E-state index is -1.08. The van der Waals surface area contributed by atoms with Gasteiger partial charge in [0.15, 0.2) is 0 Å². The van der Waals surface area contributed by atoms with Crippen molar-refractivity contribution < 1.29 is 5.11 Å². The van der Waals surface area contributed by atoms with Crippen LogP contribution in [0.25, 0.3) is 0 Å². The molecule has 1 aromatic carbocycles. The molecular formula is C11H11ClO. The van der Waals surface area contributed by atoms with Gasteiger partial charge in [0.05, 0.1) is 0 Å². The molecule has 0 radical (unpaired) electrons. The first-order chi connectivity index (χ1) is 6.06. The van der Waals surface area contributed by atoms with Crippen LogP contribution < -0.4 is 0 Å². The molecule has 0 fully saturated rings. The molecule has 0 aliphatic heterocycles. The van der Waals surface area contributed by atoms with Crippen LogP contribution >= 0.6 is 11.6 Å². The molecule has 0 saturated heterocycles. The quantitative estimate of drug-likeness (QED) is 0.682. The monoisotopic (exact) mass is 194 g/mol. The molecule has 13 heavy (non-hydrogen) atoms. The van der Waals surface area contributed by atoms with Crippen molar-refractivity contribution >= 4 is 11.6 Å². The predicted molar refractivity (Wildman–Crippen MR) is 54.5 cm³/mol. The van der Waals surface area contributed by atoms with Gasteiger partial charge >= 0.3 is 0 Å². The molecule has 2 heteroatoms. The van der Waals surface area contributed by atoms with Gasteiger partial charge in [-0.05, 0) is 31.5 Å². The van der Waals surface area contributed by atoms with E-state index < -0.39 is 5.60 Å². The van der Waals surface area contributed by atoms with Gasteiger partial charge < -0.3 is 5.11 Å². The number of benzene rings is 1. The summed E-state index contributed by atoms with van der Waals surface area (Å²) in [7, 11) is 0. The van der Waals surface area contributed by atoms with Gasteiger partial charge in [0.25, 0.3) is 0 Å². The fraction of sp³-hybridized carbons (Fsp3) is 0.273. The summed E-state index contributed by atoms with van der Waals surface area (Å²) in [5.74, 6) is 5.41. The van der Waals surface area contributed by atoms with E-state index in [0.717, 1.165) is 5.56 Å². The lowest BCUT2D eigenvalue weighted by Gasteiger charge is -2.16. The predicted octanol–water partition coefficient (Wildman–Crippen LogP) is 2.57. The summed E-state index contributed by atoms with van der Waals surface area (Å²) in [4.78, 5) is 0. The third-order valence-corrected chi connectivity index (χ3v) is 2.03. The van der Waals surface area contributed by atoms with Gasteiger partial charge in [0.2, 0.25) is 0 Å².